The Morgan fingerprint density at radius 2 is 1.60 bits per heavy atom. The standard InChI is InChI=1S/C30H20Cl2N4O4/c31-17-7-10-21(23(32)15-17)27-34-25-22(11-12-24(37)26(25)35-27)28(38)33-18-8-5-16(6-9-18)13-14-36-29(39)19-3-1-2-4-20(19)30(36)40/h1-12,15,37H,13-14H2,(H,33,38)(H,34,35). The Hall–Kier alpha value is -4.66. The number of H-pyrrole nitrogens is 1. The number of nitrogens with one attached hydrogen (secondary N) is 2. The van der Waals surface area contributed by atoms with Gasteiger partial charge in [-0.05, 0) is 66.6 Å². The van der Waals surface area contributed by atoms with Gasteiger partial charge in [0.15, 0.2) is 0 Å². The molecular weight excluding hydrogens is 551 g/mol. The number of hydrogen-bond donors (Lipinski definition) is 3. The molecule has 0 radical (unpaired) electrons. The van der Waals surface area contributed by atoms with E-state index in [0.29, 0.717) is 50.2 Å². The molecule has 5 aromatic rings. The lowest BCUT2D eigenvalue weighted by Crippen LogP contribution is -2.31. The number of aromatic hydroxyl groups is 1. The van der Waals surface area contributed by atoms with E-state index in [-0.39, 0.29) is 35.2 Å². The molecule has 2 heterocycles. The average molecular weight is 571 g/mol. The van der Waals surface area contributed by atoms with E-state index in [9.17, 15) is 19.5 Å². The van der Waals surface area contributed by atoms with Gasteiger partial charge in [0, 0.05) is 22.8 Å². The lowest BCUT2D eigenvalue weighted by molar-refractivity contribution is 0.0655. The smallest absolute Gasteiger partial charge is 0.261 e. The summed E-state index contributed by atoms with van der Waals surface area (Å²) in [6.07, 6.45) is 0.474. The number of phenols is 1. The Labute approximate surface area is 238 Å². The number of anilines is 1. The first-order valence-electron chi connectivity index (χ1n) is 12.3. The van der Waals surface area contributed by atoms with E-state index in [1.807, 2.05) is 12.1 Å². The molecule has 1 aliphatic rings. The number of nitrogens with zero attached hydrogens (tertiary/aromatic N) is 2. The second-order valence-corrected chi connectivity index (χ2v) is 10.1. The van der Waals surface area contributed by atoms with Gasteiger partial charge in [-0.2, -0.15) is 0 Å². The van der Waals surface area contributed by atoms with Crippen molar-refractivity contribution >= 4 is 57.6 Å². The minimum absolute atomic E-state index is 0.0576. The van der Waals surface area contributed by atoms with Gasteiger partial charge >= 0.3 is 0 Å². The van der Waals surface area contributed by atoms with Gasteiger partial charge in [-0.1, -0.05) is 47.5 Å². The van der Waals surface area contributed by atoms with Crippen LogP contribution in [0.1, 0.15) is 36.6 Å². The number of imidazole rings is 1. The molecule has 0 spiro atoms. The molecule has 0 fully saturated rings. The highest BCUT2D eigenvalue weighted by atomic mass is 35.5. The predicted octanol–water partition coefficient (Wildman–Crippen LogP) is 6.33. The summed E-state index contributed by atoms with van der Waals surface area (Å²) in [5.41, 5.74) is 3.72. The molecular formula is C30H20Cl2N4O4. The zero-order valence-electron chi connectivity index (χ0n) is 20.7. The summed E-state index contributed by atoms with van der Waals surface area (Å²) < 4.78 is 0. The lowest BCUT2D eigenvalue weighted by Gasteiger charge is -2.14. The van der Waals surface area contributed by atoms with Crippen LogP contribution in [0, 0.1) is 0 Å². The van der Waals surface area contributed by atoms with Crippen LogP contribution in [-0.4, -0.2) is 44.2 Å². The fourth-order valence-electron chi connectivity index (χ4n) is 4.71. The Bertz CT molecular complexity index is 1800. The van der Waals surface area contributed by atoms with Crippen molar-refractivity contribution in [2.24, 2.45) is 0 Å². The number of aromatic amines is 1. The van der Waals surface area contributed by atoms with Gasteiger partial charge in [0.25, 0.3) is 17.7 Å². The number of benzene rings is 4. The highest BCUT2D eigenvalue weighted by Crippen LogP contribution is 2.33. The second kappa shape index (κ2) is 10.1. The monoisotopic (exact) mass is 570 g/mol. The number of hydrogen-bond acceptors (Lipinski definition) is 5. The van der Waals surface area contributed by atoms with E-state index in [4.69, 9.17) is 23.2 Å². The number of imide groups is 1. The average Bonchev–Trinajstić information content (AvgIpc) is 3.49. The van der Waals surface area contributed by atoms with Crippen LogP contribution in [0.2, 0.25) is 10.0 Å². The SMILES string of the molecule is O=C(Nc1ccc(CCN2C(=O)c3ccccc3C2=O)cc1)c1ccc(O)c2[nH]c(-c3ccc(Cl)cc3Cl)nc12. The molecule has 0 unspecified atom stereocenters. The van der Waals surface area contributed by atoms with E-state index in [0.717, 1.165) is 5.56 Å². The minimum atomic E-state index is -0.413. The molecule has 1 aromatic heterocycles. The molecule has 0 atom stereocenters. The first-order valence-corrected chi connectivity index (χ1v) is 13.1. The number of aromatic nitrogens is 2. The Morgan fingerprint density at radius 3 is 2.27 bits per heavy atom. The third-order valence-corrected chi connectivity index (χ3v) is 7.32. The first kappa shape index (κ1) is 25.6. The van der Waals surface area contributed by atoms with E-state index in [1.165, 1.54) is 17.0 Å². The number of carbonyl (C=O) groups excluding carboxylic acids is 3. The van der Waals surface area contributed by atoms with E-state index >= 15 is 0 Å². The molecule has 0 aliphatic carbocycles. The van der Waals surface area contributed by atoms with Crippen LogP contribution >= 0.6 is 23.2 Å². The molecule has 3 N–H and O–H groups in total. The highest BCUT2D eigenvalue weighted by Gasteiger charge is 2.34. The van der Waals surface area contributed by atoms with Gasteiger partial charge in [-0.3, -0.25) is 19.3 Å². The van der Waals surface area contributed by atoms with E-state index < -0.39 is 5.91 Å². The molecule has 8 nitrogen and oxygen atoms in total. The van der Waals surface area contributed by atoms with Crippen LogP contribution in [0.4, 0.5) is 5.69 Å². The van der Waals surface area contributed by atoms with Crippen molar-refractivity contribution in [3.63, 3.8) is 0 Å². The minimum Gasteiger partial charge on any atom is -0.506 e. The van der Waals surface area contributed by atoms with Gasteiger partial charge in [-0.25, -0.2) is 4.98 Å². The molecule has 0 saturated heterocycles. The van der Waals surface area contributed by atoms with Gasteiger partial charge in [0.05, 0.1) is 21.7 Å². The molecule has 3 amide bonds. The number of carbonyl (C=O) groups is 3. The van der Waals surface area contributed by atoms with Crippen molar-refractivity contribution in [2.75, 3.05) is 11.9 Å². The van der Waals surface area contributed by atoms with Crippen LogP contribution in [0.25, 0.3) is 22.4 Å². The fraction of sp³-hybridized carbons (Fsp3) is 0.0667. The Balaban J connectivity index is 1.17. The summed E-state index contributed by atoms with van der Waals surface area (Å²) in [6, 6.07) is 21.8. The third-order valence-electron chi connectivity index (χ3n) is 6.77. The molecule has 0 saturated carbocycles. The van der Waals surface area contributed by atoms with Gasteiger partial charge in [-0.15, -0.1) is 0 Å². The summed E-state index contributed by atoms with van der Waals surface area (Å²) >= 11 is 12.3. The largest absolute Gasteiger partial charge is 0.506 e. The van der Waals surface area contributed by atoms with Crippen molar-refractivity contribution in [3.8, 4) is 17.1 Å². The number of phenolic OH excluding ortho intramolecular Hbond substituents is 1. The van der Waals surface area contributed by atoms with Crippen molar-refractivity contribution in [1.29, 1.82) is 0 Å². The van der Waals surface area contributed by atoms with Crippen molar-refractivity contribution < 1.29 is 19.5 Å². The maximum absolute atomic E-state index is 13.2. The molecule has 1 aliphatic heterocycles. The Morgan fingerprint density at radius 1 is 0.900 bits per heavy atom. The zero-order valence-corrected chi connectivity index (χ0v) is 22.3. The molecule has 4 aromatic carbocycles. The summed E-state index contributed by atoms with van der Waals surface area (Å²) in [4.78, 5) is 47.2. The quantitative estimate of drug-likeness (QED) is 0.206. The number of amides is 3. The molecule has 0 bridgehead atoms. The Kier molecular flexibility index (Phi) is 6.50. The number of fused-ring (bicyclic) bond motifs is 2. The van der Waals surface area contributed by atoms with Crippen LogP contribution in [0.3, 0.4) is 0 Å². The van der Waals surface area contributed by atoms with Gasteiger partial charge in [0.2, 0.25) is 0 Å². The van der Waals surface area contributed by atoms with Gasteiger partial charge in [0.1, 0.15) is 22.6 Å². The maximum atomic E-state index is 13.2. The van der Waals surface area contributed by atoms with Crippen LogP contribution in [-0.2, 0) is 6.42 Å². The van der Waals surface area contributed by atoms with Gasteiger partial charge < -0.3 is 15.4 Å². The lowest BCUT2D eigenvalue weighted by atomic mass is 10.1. The third kappa shape index (κ3) is 4.57. The number of halogens is 2. The van der Waals surface area contributed by atoms with Crippen LogP contribution < -0.4 is 5.32 Å². The van der Waals surface area contributed by atoms with Crippen LogP contribution in [0.15, 0.2) is 78.9 Å². The van der Waals surface area contributed by atoms with Crippen molar-refractivity contribution in [3.05, 3.63) is 111 Å². The summed E-state index contributed by atoms with van der Waals surface area (Å²) in [7, 11) is 0. The first-order chi connectivity index (χ1) is 19.3. The van der Waals surface area contributed by atoms with E-state index in [1.54, 1.807) is 54.6 Å². The molecule has 6 rings (SSSR count). The summed E-state index contributed by atoms with van der Waals surface area (Å²) in [5.74, 6) is -0.662. The fourth-order valence-corrected chi connectivity index (χ4v) is 5.20. The highest BCUT2D eigenvalue weighted by molar-refractivity contribution is 6.36. The van der Waals surface area contributed by atoms with Crippen LogP contribution in [0.5, 0.6) is 5.75 Å². The van der Waals surface area contributed by atoms with E-state index in [2.05, 4.69) is 15.3 Å². The molecule has 10 heteroatoms. The summed E-state index contributed by atoms with van der Waals surface area (Å²) in [5, 5.41) is 14.1. The topological polar surface area (TPSA) is 115 Å². The normalized spacial score (nSPS) is 12.7. The zero-order chi connectivity index (χ0) is 28.0. The molecule has 198 valence electrons. The van der Waals surface area contributed by atoms with Crippen molar-refractivity contribution in [2.45, 2.75) is 6.42 Å². The van der Waals surface area contributed by atoms with Crippen molar-refractivity contribution in [1.82, 2.24) is 14.9 Å². The molecule has 40 heavy (non-hydrogen) atoms. The number of rotatable bonds is 6. The summed E-state index contributed by atoms with van der Waals surface area (Å²) in [6.45, 7) is 0.253. The maximum Gasteiger partial charge on any atom is 0.261 e. The second-order valence-electron chi connectivity index (χ2n) is 9.27. The predicted molar refractivity (Wildman–Crippen MR) is 153 cm³/mol.